The van der Waals surface area contributed by atoms with E-state index in [1.54, 1.807) is 0 Å². The lowest BCUT2D eigenvalue weighted by molar-refractivity contribution is 0.114. The second-order valence-corrected chi connectivity index (χ2v) is 1.99. The quantitative estimate of drug-likeness (QED) is 0.420. The Morgan fingerprint density at radius 2 is 2.43 bits per heavy atom. The lowest BCUT2D eigenvalue weighted by Crippen LogP contribution is -2.10. The van der Waals surface area contributed by atoms with Gasteiger partial charge in [0.1, 0.15) is 0 Å². The van der Waals surface area contributed by atoms with Crippen LogP contribution in [0.3, 0.4) is 0 Å². The van der Waals surface area contributed by atoms with E-state index in [-0.39, 0.29) is 0 Å². The summed E-state index contributed by atoms with van der Waals surface area (Å²) in [6.45, 7) is 2.63. The van der Waals surface area contributed by atoms with E-state index in [4.69, 9.17) is 5.90 Å². The van der Waals surface area contributed by atoms with Crippen LogP contribution in [0.5, 0.6) is 0 Å². The van der Waals surface area contributed by atoms with Crippen molar-refractivity contribution in [2.45, 2.75) is 6.92 Å². The van der Waals surface area contributed by atoms with E-state index >= 15 is 0 Å². The second-order valence-electron chi connectivity index (χ2n) is 1.62. The Balaban J connectivity index is 2.83. The van der Waals surface area contributed by atoms with E-state index in [0.29, 0.717) is 12.5 Å². The van der Waals surface area contributed by atoms with E-state index in [9.17, 15) is 0 Å². The molecule has 0 fully saturated rings. The Hall–Kier alpha value is 0.270. The van der Waals surface area contributed by atoms with Gasteiger partial charge in [0.15, 0.2) is 0 Å². The third kappa shape index (κ3) is 4.12. The van der Waals surface area contributed by atoms with E-state index in [1.165, 1.54) is 0 Å². The van der Waals surface area contributed by atoms with Gasteiger partial charge in [-0.1, -0.05) is 6.92 Å². The summed E-state index contributed by atoms with van der Waals surface area (Å²) in [5.41, 5.74) is 0. The summed E-state index contributed by atoms with van der Waals surface area (Å²) in [5, 5.41) is 0. The van der Waals surface area contributed by atoms with Crippen LogP contribution in [0.15, 0.2) is 0 Å². The molecule has 0 saturated heterocycles. The summed E-state index contributed by atoms with van der Waals surface area (Å²) in [4.78, 5) is 4.35. The molecule has 2 nitrogen and oxygen atoms in total. The second kappa shape index (κ2) is 4.43. The molecular weight excluding hydrogens is 110 g/mol. The molecule has 0 heterocycles. The average molecular weight is 121 g/mol. The van der Waals surface area contributed by atoms with E-state index in [0.717, 1.165) is 5.75 Å². The van der Waals surface area contributed by atoms with Crippen LogP contribution in [-0.2, 0) is 4.84 Å². The lowest BCUT2D eigenvalue weighted by Gasteiger charge is -2.02. The summed E-state index contributed by atoms with van der Waals surface area (Å²) in [6.07, 6.45) is 0. The van der Waals surface area contributed by atoms with Gasteiger partial charge >= 0.3 is 0 Å². The predicted octanol–water partition coefficient (Wildman–Crippen LogP) is 0.443. The summed E-state index contributed by atoms with van der Waals surface area (Å²) >= 11 is 4.01. The molecule has 2 N–H and O–H groups in total. The van der Waals surface area contributed by atoms with Crippen molar-refractivity contribution >= 4 is 12.6 Å². The Kier molecular flexibility index (Phi) is 4.60. The normalized spacial score (nSPS) is 14.1. The van der Waals surface area contributed by atoms with Crippen molar-refractivity contribution in [2.24, 2.45) is 11.8 Å². The highest BCUT2D eigenvalue weighted by molar-refractivity contribution is 7.80. The molecular formula is C4H11NOS. The van der Waals surface area contributed by atoms with Gasteiger partial charge in [0, 0.05) is 0 Å². The minimum Gasteiger partial charge on any atom is -0.304 e. The van der Waals surface area contributed by atoms with Crippen LogP contribution in [0.4, 0.5) is 0 Å². The molecule has 0 saturated carbocycles. The van der Waals surface area contributed by atoms with Gasteiger partial charge in [-0.15, -0.1) is 0 Å². The highest BCUT2D eigenvalue weighted by Gasteiger charge is 1.94. The smallest absolute Gasteiger partial charge is 0.0712 e. The molecule has 3 heteroatoms. The first-order valence-electron chi connectivity index (χ1n) is 2.23. The first-order chi connectivity index (χ1) is 3.31. The van der Waals surface area contributed by atoms with Gasteiger partial charge in [-0.2, -0.15) is 12.6 Å². The zero-order valence-electron chi connectivity index (χ0n) is 4.42. The minimum absolute atomic E-state index is 0.466. The van der Waals surface area contributed by atoms with Gasteiger partial charge in [-0.25, -0.2) is 5.90 Å². The third-order valence-electron chi connectivity index (χ3n) is 0.692. The van der Waals surface area contributed by atoms with Crippen LogP contribution in [-0.4, -0.2) is 12.4 Å². The fourth-order valence-electron chi connectivity index (χ4n) is 0.217. The summed E-state index contributed by atoms with van der Waals surface area (Å²) < 4.78 is 0. The fraction of sp³-hybridized carbons (Fsp3) is 1.00. The van der Waals surface area contributed by atoms with Crippen molar-refractivity contribution in [3.63, 3.8) is 0 Å². The van der Waals surface area contributed by atoms with Gasteiger partial charge in [-0.3, -0.25) is 0 Å². The van der Waals surface area contributed by atoms with Gasteiger partial charge in [0.05, 0.1) is 6.61 Å². The van der Waals surface area contributed by atoms with Crippen molar-refractivity contribution in [3.05, 3.63) is 0 Å². The van der Waals surface area contributed by atoms with Crippen molar-refractivity contribution < 1.29 is 4.84 Å². The number of hydrogen-bond donors (Lipinski definition) is 2. The molecule has 0 aliphatic heterocycles. The Morgan fingerprint density at radius 1 is 1.86 bits per heavy atom. The first-order valence-corrected chi connectivity index (χ1v) is 2.87. The monoisotopic (exact) mass is 121 g/mol. The predicted molar refractivity (Wildman–Crippen MR) is 33.2 cm³/mol. The number of thiol groups is 1. The van der Waals surface area contributed by atoms with E-state index in [2.05, 4.69) is 17.5 Å². The maximum absolute atomic E-state index is 4.77. The third-order valence-corrected chi connectivity index (χ3v) is 1.32. The molecule has 0 rings (SSSR count). The Morgan fingerprint density at radius 3 is 2.57 bits per heavy atom. The van der Waals surface area contributed by atoms with Crippen LogP contribution in [0, 0.1) is 5.92 Å². The maximum Gasteiger partial charge on any atom is 0.0712 e. The number of rotatable bonds is 3. The van der Waals surface area contributed by atoms with E-state index < -0.39 is 0 Å². The standard InChI is InChI=1S/C4H11NOS/c1-4(3-7)2-6-5/h4,7H,2-3,5H2,1H3. The highest BCUT2D eigenvalue weighted by Crippen LogP contribution is 1.94. The molecule has 0 bridgehead atoms. The molecule has 0 aromatic rings. The molecule has 0 spiro atoms. The molecule has 0 amide bonds. The van der Waals surface area contributed by atoms with E-state index in [1.807, 2.05) is 6.92 Å². The zero-order chi connectivity index (χ0) is 5.70. The van der Waals surface area contributed by atoms with Crippen molar-refractivity contribution in [3.8, 4) is 0 Å². The van der Waals surface area contributed by atoms with Gasteiger partial charge in [0.25, 0.3) is 0 Å². The SMILES string of the molecule is CC(CS)CON. The van der Waals surface area contributed by atoms with Crippen molar-refractivity contribution in [1.29, 1.82) is 0 Å². The van der Waals surface area contributed by atoms with Gasteiger partial charge in [0.2, 0.25) is 0 Å². The molecule has 0 aromatic heterocycles. The molecule has 1 atom stereocenters. The van der Waals surface area contributed by atoms with Crippen LogP contribution in [0.25, 0.3) is 0 Å². The largest absolute Gasteiger partial charge is 0.304 e. The fourth-order valence-corrected chi connectivity index (χ4v) is 0.322. The molecule has 0 aliphatic rings. The Bertz CT molecular complexity index is 42.7. The van der Waals surface area contributed by atoms with Gasteiger partial charge in [-0.05, 0) is 11.7 Å². The topological polar surface area (TPSA) is 35.2 Å². The highest BCUT2D eigenvalue weighted by atomic mass is 32.1. The molecule has 0 aromatic carbocycles. The zero-order valence-corrected chi connectivity index (χ0v) is 5.32. The van der Waals surface area contributed by atoms with Crippen LogP contribution in [0.2, 0.25) is 0 Å². The summed E-state index contributed by atoms with van der Waals surface area (Å²) in [7, 11) is 0. The Labute approximate surface area is 49.4 Å². The van der Waals surface area contributed by atoms with Crippen molar-refractivity contribution in [2.75, 3.05) is 12.4 Å². The summed E-state index contributed by atoms with van der Waals surface area (Å²) in [6, 6.07) is 0. The van der Waals surface area contributed by atoms with Gasteiger partial charge < -0.3 is 4.84 Å². The maximum atomic E-state index is 4.77. The van der Waals surface area contributed by atoms with Crippen LogP contribution in [0.1, 0.15) is 6.92 Å². The molecule has 0 radical (unpaired) electrons. The van der Waals surface area contributed by atoms with Crippen LogP contribution < -0.4 is 5.90 Å². The number of nitrogens with two attached hydrogens (primary N) is 1. The molecule has 7 heavy (non-hydrogen) atoms. The molecule has 44 valence electrons. The molecule has 0 aliphatic carbocycles. The average Bonchev–Trinajstić information content (AvgIpc) is 1.68. The van der Waals surface area contributed by atoms with Crippen molar-refractivity contribution in [1.82, 2.24) is 0 Å². The lowest BCUT2D eigenvalue weighted by atomic mass is 10.2. The number of hydrogen-bond acceptors (Lipinski definition) is 3. The summed E-state index contributed by atoms with van der Waals surface area (Å²) in [5.74, 6) is 6.07. The van der Waals surface area contributed by atoms with Crippen LogP contribution >= 0.6 is 12.6 Å². The first kappa shape index (κ1) is 7.27. The minimum atomic E-state index is 0.466. The molecule has 1 unspecified atom stereocenters.